The fourth-order valence-electron chi connectivity index (χ4n) is 2.17. The van der Waals surface area contributed by atoms with Crippen LogP contribution in [0.25, 0.3) is 22.0 Å². The van der Waals surface area contributed by atoms with Crippen molar-refractivity contribution >= 4 is 33.5 Å². The molecule has 98 valence electrons. The van der Waals surface area contributed by atoms with Crippen molar-refractivity contribution in [2.75, 3.05) is 0 Å². The molecule has 0 saturated heterocycles. The number of hydrogen-bond donors (Lipinski definition) is 2. The summed E-state index contributed by atoms with van der Waals surface area (Å²) < 4.78 is 0.965. The lowest BCUT2D eigenvalue weighted by atomic mass is 10.0. The second kappa shape index (κ2) is 4.76. The molecule has 0 saturated carbocycles. The molecule has 3 rings (SSSR count). The lowest BCUT2D eigenvalue weighted by molar-refractivity contribution is 1.09. The SMILES string of the molecule is Cc1cc(-c2ccc3c(I)[nH]nc3c2)c(C#N)c(=O)[nH]1. The molecule has 0 amide bonds. The molecule has 5 nitrogen and oxygen atoms in total. The summed E-state index contributed by atoms with van der Waals surface area (Å²) >= 11 is 2.18. The van der Waals surface area contributed by atoms with Crippen LogP contribution in [-0.2, 0) is 0 Å². The Morgan fingerprint density at radius 3 is 2.90 bits per heavy atom. The van der Waals surface area contributed by atoms with Gasteiger partial charge in [-0.25, -0.2) is 0 Å². The van der Waals surface area contributed by atoms with E-state index in [0.29, 0.717) is 5.56 Å². The number of aromatic nitrogens is 3. The molecule has 20 heavy (non-hydrogen) atoms. The van der Waals surface area contributed by atoms with E-state index in [1.54, 1.807) is 13.0 Å². The number of nitrogens with zero attached hydrogens (tertiary/aromatic N) is 2. The highest BCUT2D eigenvalue weighted by Gasteiger charge is 2.12. The van der Waals surface area contributed by atoms with Crippen LogP contribution in [0.3, 0.4) is 0 Å². The molecule has 2 heterocycles. The number of nitrogens with one attached hydrogen (secondary N) is 2. The van der Waals surface area contributed by atoms with Crippen molar-refractivity contribution in [3.63, 3.8) is 0 Å². The van der Waals surface area contributed by atoms with Gasteiger partial charge < -0.3 is 4.98 Å². The van der Waals surface area contributed by atoms with Crippen LogP contribution in [0.15, 0.2) is 29.1 Å². The Morgan fingerprint density at radius 2 is 2.15 bits per heavy atom. The first kappa shape index (κ1) is 12.9. The first-order valence-electron chi connectivity index (χ1n) is 5.88. The van der Waals surface area contributed by atoms with Crippen LogP contribution in [0.5, 0.6) is 0 Å². The molecule has 0 spiro atoms. The predicted octanol–water partition coefficient (Wildman–Crippen LogP) is 2.70. The lowest BCUT2D eigenvalue weighted by Gasteiger charge is -2.05. The second-order valence-electron chi connectivity index (χ2n) is 4.45. The molecule has 0 aliphatic heterocycles. The highest BCUT2D eigenvalue weighted by Crippen LogP contribution is 2.27. The number of hydrogen-bond acceptors (Lipinski definition) is 3. The Bertz CT molecular complexity index is 917. The smallest absolute Gasteiger partial charge is 0.266 e. The van der Waals surface area contributed by atoms with Crippen molar-refractivity contribution < 1.29 is 0 Å². The van der Waals surface area contributed by atoms with E-state index >= 15 is 0 Å². The van der Waals surface area contributed by atoms with Crippen molar-refractivity contribution in [3.8, 4) is 17.2 Å². The number of aryl methyl sites for hydroxylation is 1. The van der Waals surface area contributed by atoms with Gasteiger partial charge in [-0.15, -0.1) is 0 Å². The summed E-state index contributed by atoms with van der Waals surface area (Å²) in [7, 11) is 0. The minimum atomic E-state index is -0.362. The van der Waals surface area contributed by atoms with E-state index < -0.39 is 0 Å². The van der Waals surface area contributed by atoms with Crippen molar-refractivity contribution in [1.29, 1.82) is 5.26 Å². The van der Waals surface area contributed by atoms with Gasteiger partial charge in [0.2, 0.25) is 0 Å². The van der Waals surface area contributed by atoms with Gasteiger partial charge in [0, 0.05) is 16.6 Å². The molecule has 2 N–H and O–H groups in total. The zero-order valence-electron chi connectivity index (χ0n) is 10.5. The van der Waals surface area contributed by atoms with Gasteiger partial charge in [-0.1, -0.05) is 6.07 Å². The number of fused-ring (bicyclic) bond motifs is 1. The van der Waals surface area contributed by atoms with Crippen LogP contribution < -0.4 is 5.56 Å². The number of benzene rings is 1. The van der Waals surface area contributed by atoms with E-state index in [1.807, 2.05) is 24.3 Å². The summed E-state index contributed by atoms with van der Waals surface area (Å²) in [6, 6.07) is 9.49. The second-order valence-corrected chi connectivity index (χ2v) is 5.53. The van der Waals surface area contributed by atoms with Crippen LogP contribution >= 0.6 is 22.6 Å². The van der Waals surface area contributed by atoms with Gasteiger partial charge in [0.25, 0.3) is 5.56 Å². The standard InChI is InChI=1S/C14H9IN4O/c1-7-4-10(11(6-16)14(20)17-7)8-2-3-9-12(5-8)18-19-13(9)15/h2-5H,1H3,(H,17,20)(H,18,19). The van der Waals surface area contributed by atoms with Crippen molar-refractivity contribution in [2.24, 2.45) is 0 Å². The van der Waals surface area contributed by atoms with Gasteiger partial charge in [-0.05, 0) is 53.3 Å². The number of rotatable bonds is 1. The number of halogens is 1. The average Bonchev–Trinajstić information content (AvgIpc) is 2.79. The van der Waals surface area contributed by atoms with Crippen molar-refractivity contribution in [3.05, 3.63) is 49.6 Å². The van der Waals surface area contributed by atoms with Crippen LogP contribution in [0.4, 0.5) is 0 Å². The Labute approximate surface area is 127 Å². The Kier molecular flexibility index (Phi) is 3.06. The van der Waals surface area contributed by atoms with Crippen molar-refractivity contribution in [2.45, 2.75) is 6.92 Å². The molecule has 0 unspecified atom stereocenters. The topological polar surface area (TPSA) is 85.3 Å². The average molecular weight is 376 g/mol. The molecule has 1 aromatic carbocycles. The number of nitriles is 1. The summed E-state index contributed by atoms with van der Waals surface area (Å²) in [5.74, 6) is 0. The number of H-pyrrole nitrogens is 2. The summed E-state index contributed by atoms with van der Waals surface area (Å²) in [5.41, 5.74) is 2.74. The molecule has 3 aromatic rings. The third kappa shape index (κ3) is 2.00. The van der Waals surface area contributed by atoms with E-state index in [1.165, 1.54) is 0 Å². The quantitative estimate of drug-likeness (QED) is 0.641. The van der Waals surface area contributed by atoms with Gasteiger partial charge in [-0.3, -0.25) is 9.89 Å². The minimum Gasteiger partial charge on any atom is -0.325 e. The Hall–Kier alpha value is -2.14. The van der Waals surface area contributed by atoms with Crippen LogP contribution in [-0.4, -0.2) is 15.2 Å². The zero-order chi connectivity index (χ0) is 14.3. The Morgan fingerprint density at radius 1 is 1.35 bits per heavy atom. The first-order valence-corrected chi connectivity index (χ1v) is 6.96. The normalized spacial score (nSPS) is 10.7. The zero-order valence-corrected chi connectivity index (χ0v) is 12.6. The molecule has 0 aliphatic rings. The van der Waals surface area contributed by atoms with Gasteiger partial charge in [0.05, 0.1) is 5.52 Å². The maximum Gasteiger partial charge on any atom is 0.266 e. The first-order chi connectivity index (χ1) is 9.60. The monoisotopic (exact) mass is 376 g/mol. The predicted molar refractivity (Wildman–Crippen MR) is 84.3 cm³/mol. The molecule has 6 heteroatoms. The fourth-order valence-corrected chi connectivity index (χ4v) is 2.75. The highest BCUT2D eigenvalue weighted by atomic mass is 127. The number of pyridine rings is 1. The molecule has 0 fully saturated rings. The molecule has 0 atom stereocenters. The highest BCUT2D eigenvalue weighted by molar-refractivity contribution is 14.1. The van der Waals surface area contributed by atoms with Crippen LogP contribution in [0.2, 0.25) is 0 Å². The minimum absolute atomic E-state index is 0.125. The van der Waals surface area contributed by atoms with E-state index in [2.05, 4.69) is 37.8 Å². The van der Waals surface area contributed by atoms with E-state index in [4.69, 9.17) is 0 Å². The molecule has 2 aromatic heterocycles. The van der Waals surface area contributed by atoms with Crippen LogP contribution in [0, 0.1) is 22.0 Å². The summed E-state index contributed by atoms with van der Waals surface area (Å²) in [6.45, 7) is 1.79. The molecule has 0 bridgehead atoms. The van der Waals surface area contributed by atoms with Crippen molar-refractivity contribution in [1.82, 2.24) is 15.2 Å². The molecule has 0 aliphatic carbocycles. The van der Waals surface area contributed by atoms with E-state index in [0.717, 1.165) is 25.9 Å². The molecular formula is C14H9IN4O. The van der Waals surface area contributed by atoms with Gasteiger partial charge in [-0.2, -0.15) is 10.4 Å². The number of aromatic amines is 2. The lowest BCUT2D eigenvalue weighted by Crippen LogP contribution is -2.12. The summed E-state index contributed by atoms with van der Waals surface area (Å²) in [4.78, 5) is 14.5. The maximum atomic E-state index is 11.8. The fraction of sp³-hybridized carbons (Fsp3) is 0.0714. The summed E-state index contributed by atoms with van der Waals surface area (Å²) in [5, 5.41) is 17.3. The largest absolute Gasteiger partial charge is 0.325 e. The van der Waals surface area contributed by atoms with E-state index in [-0.39, 0.29) is 11.1 Å². The van der Waals surface area contributed by atoms with E-state index in [9.17, 15) is 10.1 Å². The van der Waals surface area contributed by atoms with Gasteiger partial charge in [0.15, 0.2) is 0 Å². The van der Waals surface area contributed by atoms with Gasteiger partial charge in [0.1, 0.15) is 15.3 Å². The van der Waals surface area contributed by atoms with Crippen LogP contribution in [0.1, 0.15) is 11.3 Å². The third-order valence-electron chi connectivity index (χ3n) is 3.10. The molecule has 0 radical (unpaired) electrons. The third-order valence-corrected chi connectivity index (χ3v) is 3.92. The molecular weight excluding hydrogens is 367 g/mol. The Balaban J connectivity index is 2.31. The summed E-state index contributed by atoms with van der Waals surface area (Å²) in [6.07, 6.45) is 0. The van der Waals surface area contributed by atoms with Gasteiger partial charge >= 0.3 is 0 Å². The maximum absolute atomic E-state index is 11.8.